The summed E-state index contributed by atoms with van der Waals surface area (Å²) < 4.78 is 20.1. The lowest BCUT2D eigenvalue weighted by Gasteiger charge is -2.13. The fraction of sp³-hybridized carbons (Fsp3) is 0.176. The number of nitro benzene ring substituents is 1. The van der Waals surface area contributed by atoms with E-state index in [2.05, 4.69) is 9.97 Å². The fourth-order valence-corrected chi connectivity index (χ4v) is 3.44. The Morgan fingerprint density at radius 1 is 1.35 bits per heavy atom. The Morgan fingerprint density at radius 2 is 2.23 bits per heavy atom. The average Bonchev–Trinajstić information content (AvgIpc) is 3.07. The van der Waals surface area contributed by atoms with Crippen molar-refractivity contribution in [3.63, 3.8) is 0 Å². The molecule has 9 heteroatoms. The van der Waals surface area contributed by atoms with Gasteiger partial charge in [0.25, 0.3) is 5.69 Å². The van der Waals surface area contributed by atoms with Gasteiger partial charge in [0.15, 0.2) is 18.0 Å². The number of ether oxygens (including phenoxy) is 1. The summed E-state index contributed by atoms with van der Waals surface area (Å²) in [4.78, 5) is 19.2. The number of halogens is 1. The zero-order valence-corrected chi connectivity index (χ0v) is 14.3. The van der Waals surface area contributed by atoms with Crippen LogP contribution in [0.15, 0.2) is 42.9 Å². The van der Waals surface area contributed by atoms with E-state index < -0.39 is 4.92 Å². The first-order chi connectivity index (χ1) is 12.7. The first-order valence-electron chi connectivity index (χ1n) is 7.86. The van der Waals surface area contributed by atoms with Gasteiger partial charge in [-0.25, -0.2) is 13.9 Å². The summed E-state index contributed by atoms with van der Waals surface area (Å²) in [5.74, 6) is 0. The lowest BCUT2D eigenvalue weighted by atomic mass is 9.98. The molecule has 0 N–H and O–H groups in total. The Bertz CT molecular complexity index is 1030. The van der Waals surface area contributed by atoms with E-state index in [1.165, 1.54) is 22.4 Å². The molecular formula is C17H13FN4O3S. The molecule has 26 heavy (non-hydrogen) atoms. The van der Waals surface area contributed by atoms with E-state index in [1.807, 2.05) is 6.08 Å². The number of rotatable bonds is 4. The maximum Gasteiger partial charge on any atom is 0.270 e. The topological polar surface area (TPSA) is 83.1 Å². The molecule has 2 aromatic heterocycles. The third-order valence-corrected chi connectivity index (χ3v) is 4.69. The predicted molar refractivity (Wildman–Crippen MR) is 97.1 cm³/mol. The van der Waals surface area contributed by atoms with E-state index in [-0.39, 0.29) is 18.0 Å². The molecule has 1 aliphatic rings. The molecule has 0 spiro atoms. The maximum absolute atomic E-state index is 13.4. The molecule has 7 nitrogen and oxygen atoms in total. The summed E-state index contributed by atoms with van der Waals surface area (Å²) >= 11 is 0.0547. The Hall–Kier alpha value is -2.78. The highest BCUT2D eigenvalue weighted by molar-refractivity contribution is 7.92. The second-order valence-electron chi connectivity index (χ2n) is 5.72. The van der Waals surface area contributed by atoms with Crippen molar-refractivity contribution in [2.75, 3.05) is 13.2 Å². The highest BCUT2D eigenvalue weighted by Crippen LogP contribution is 2.37. The Morgan fingerprint density at radius 3 is 2.96 bits per heavy atom. The van der Waals surface area contributed by atoms with Crippen LogP contribution in [0.4, 0.5) is 9.57 Å². The van der Waals surface area contributed by atoms with Gasteiger partial charge in [-0.05, 0) is 12.0 Å². The lowest BCUT2D eigenvalue weighted by molar-refractivity contribution is -0.384. The minimum Gasteiger partial charge on any atom is -0.377 e. The molecule has 132 valence electrons. The lowest BCUT2D eigenvalue weighted by Crippen LogP contribution is -2.03. The zero-order chi connectivity index (χ0) is 18.1. The van der Waals surface area contributed by atoms with Crippen LogP contribution in [0.3, 0.4) is 0 Å². The number of hydrogen-bond donors (Lipinski definition) is 0. The number of aromatic nitrogens is 3. The Kier molecular flexibility index (Phi) is 4.39. The van der Waals surface area contributed by atoms with Gasteiger partial charge in [0.2, 0.25) is 0 Å². The van der Waals surface area contributed by atoms with Crippen molar-refractivity contribution in [1.29, 1.82) is 0 Å². The maximum atomic E-state index is 13.4. The molecule has 0 fully saturated rings. The van der Waals surface area contributed by atoms with Gasteiger partial charge in [-0.1, -0.05) is 18.2 Å². The van der Waals surface area contributed by atoms with Crippen LogP contribution in [0, 0.1) is 10.1 Å². The summed E-state index contributed by atoms with van der Waals surface area (Å²) in [6, 6.07) is 6.24. The number of non-ortho nitro benzene ring substituents is 1. The van der Waals surface area contributed by atoms with E-state index in [0.29, 0.717) is 41.9 Å². The van der Waals surface area contributed by atoms with Crippen LogP contribution in [0.25, 0.3) is 27.9 Å². The Labute approximate surface area is 152 Å². The van der Waals surface area contributed by atoms with Gasteiger partial charge in [-0.15, -0.1) is 3.89 Å². The molecule has 0 amide bonds. The van der Waals surface area contributed by atoms with Gasteiger partial charge in [-0.3, -0.25) is 10.1 Å². The second-order valence-corrected chi connectivity index (χ2v) is 6.25. The number of hydrogen-bond acceptors (Lipinski definition) is 6. The van der Waals surface area contributed by atoms with E-state index in [9.17, 15) is 14.0 Å². The van der Waals surface area contributed by atoms with Gasteiger partial charge in [0.05, 0.1) is 29.2 Å². The van der Waals surface area contributed by atoms with Crippen molar-refractivity contribution in [2.24, 2.45) is 0 Å². The zero-order valence-electron chi connectivity index (χ0n) is 13.5. The SMILES string of the molecule is O=[N+]([O-])c1cccc(-c2ncnc3c2c(C2=CCOCC2)cn3SF)c1. The summed E-state index contributed by atoms with van der Waals surface area (Å²) in [5.41, 5.74) is 3.36. The number of fused-ring (bicyclic) bond motifs is 1. The van der Waals surface area contributed by atoms with Crippen LogP contribution in [0.2, 0.25) is 0 Å². The van der Waals surface area contributed by atoms with Crippen LogP contribution in [-0.4, -0.2) is 32.1 Å². The van der Waals surface area contributed by atoms with Crippen LogP contribution < -0.4 is 0 Å². The van der Waals surface area contributed by atoms with Gasteiger partial charge >= 0.3 is 0 Å². The molecule has 0 radical (unpaired) electrons. The molecule has 3 aromatic rings. The number of benzene rings is 1. The van der Waals surface area contributed by atoms with Crippen LogP contribution >= 0.6 is 12.3 Å². The normalized spacial score (nSPS) is 14.4. The van der Waals surface area contributed by atoms with E-state index in [0.717, 1.165) is 11.1 Å². The standard InChI is InChI=1S/C17H13FN4O3S/c18-26-21-9-14(11-4-6-25-7-5-11)15-16(19-10-20-17(15)21)12-2-1-3-13(8-12)22(23)24/h1-4,8-10H,5-7H2. The fourth-order valence-electron chi connectivity index (χ4n) is 3.09. The molecule has 0 saturated carbocycles. The minimum atomic E-state index is -0.452. The molecule has 0 bridgehead atoms. The van der Waals surface area contributed by atoms with Crippen molar-refractivity contribution in [1.82, 2.24) is 13.9 Å². The average molecular weight is 372 g/mol. The highest BCUT2D eigenvalue weighted by atomic mass is 32.2. The smallest absolute Gasteiger partial charge is 0.270 e. The molecule has 3 heterocycles. The summed E-state index contributed by atoms with van der Waals surface area (Å²) in [7, 11) is 0. The molecule has 1 aromatic carbocycles. The predicted octanol–water partition coefficient (Wildman–Crippen LogP) is 4.19. The van der Waals surface area contributed by atoms with Crippen LogP contribution in [0.5, 0.6) is 0 Å². The summed E-state index contributed by atoms with van der Waals surface area (Å²) in [5, 5.41) is 11.8. The third kappa shape index (κ3) is 2.85. The highest BCUT2D eigenvalue weighted by Gasteiger charge is 2.21. The van der Waals surface area contributed by atoms with E-state index >= 15 is 0 Å². The molecule has 0 unspecified atom stereocenters. The summed E-state index contributed by atoms with van der Waals surface area (Å²) in [6.07, 6.45) is 5.67. The summed E-state index contributed by atoms with van der Waals surface area (Å²) in [6.45, 7) is 1.08. The first kappa shape index (κ1) is 16.7. The van der Waals surface area contributed by atoms with Crippen molar-refractivity contribution >= 4 is 34.6 Å². The van der Waals surface area contributed by atoms with Crippen LogP contribution in [-0.2, 0) is 4.74 Å². The van der Waals surface area contributed by atoms with Crippen molar-refractivity contribution in [2.45, 2.75) is 6.42 Å². The van der Waals surface area contributed by atoms with Gasteiger partial charge in [-0.2, -0.15) is 0 Å². The van der Waals surface area contributed by atoms with Crippen LogP contribution in [0.1, 0.15) is 12.0 Å². The van der Waals surface area contributed by atoms with Crippen molar-refractivity contribution < 1.29 is 13.5 Å². The van der Waals surface area contributed by atoms with E-state index in [4.69, 9.17) is 4.74 Å². The second kappa shape index (κ2) is 6.85. The molecule has 0 saturated heterocycles. The molecule has 4 rings (SSSR count). The van der Waals surface area contributed by atoms with Gasteiger partial charge in [0, 0.05) is 29.5 Å². The molecule has 0 atom stereocenters. The largest absolute Gasteiger partial charge is 0.377 e. The monoisotopic (exact) mass is 372 g/mol. The van der Waals surface area contributed by atoms with Gasteiger partial charge in [0.1, 0.15) is 6.33 Å². The van der Waals surface area contributed by atoms with Crippen molar-refractivity contribution in [3.05, 3.63) is 58.5 Å². The first-order valence-corrected chi connectivity index (χ1v) is 8.53. The minimum absolute atomic E-state index is 0.0274. The number of nitro groups is 1. The quantitative estimate of drug-likeness (QED) is 0.504. The van der Waals surface area contributed by atoms with Gasteiger partial charge < -0.3 is 4.74 Å². The number of nitrogens with zero attached hydrogens (tertiary/aromatic N) is 4. The Balaban J connectivity index is 1.98. The van der Waals surface area contributed by atoms with Crippen molar-refractivity contribution in [3.8, 4) is 11.3 Å². The molecular weight excluding hydrogens is 359 g/mol. The third-order valence-electron chi connectivity index (χ3n) is 4.27. The molecule has 0 aliphatic carbocycles. The molecule has 1 aliphatic heterocycles. The van der Waals surface area contributed by atoms with E-state index in [1.54, 1.807) is 18.3 Å².